The number of aliphatic hydroxyl groups is 1. The fraction of sp³-hybridized carbons (Fsp3) is 0.118. The van der Waals surface area contributed by atoms with Gasteiger partial charge in [0.2, 0.25) is 0 Å². The van der Waals surface area contributed by atoms with Crippen molar-refractivity contribution < 1.29 is 23.4 Å². The lowest BCUT2D eigenvalue weighted by Crippen LogP contribution is -2.14. The Bertz CT molecular complexity index is 1040. The van der Waals surface area contributed by atoms with Gasteiger partial charge in [0.1, 0.15) is 17.2 Å². The molecule has 2 aromatic carbocycles. The van der Waals surface area contributed by atoms with Gasteiger partial charge in [0.05, 0.1) is 15.6 Å². The minimum Gasteiger partial charge on any atom is -0.510 e. The smallest absolute Gasteiger partial charge is 0.279 e. The Balaban J connectivity index is 2.33. The van der Waals surface area contributed by atoms with E-state index >= 15 is 0 Å². The van der Waals surface area contributed by atoms with Gasteiger partial charge >= 0.3 is 0 Å². The third kappa shape index (κ3) is 5.28. The Kier molecular flexibility index (Phi) is 6.19. The molecule has 0 saturated carbocycles. The Morgan fingerprint density at radius 2 is 1.85 bits per heavy atom. The van der Waals surface area contributed by atoms with Crippen molar-refractivity contribution >= 4 is 38.7 Å². The highest BCUT2D eigenvalue weighted by molar-refractivity contribution is 7.90. The Hall–Kier alpha value is -2.91. The van der Waals surface area contributed by atoms with E-state index in [0.29, 0.717) is 5.69 Å². The van der Waals surface area contributed by atoms with Crippen molar-refractivity contribution in [3.05, 3.63) is 58.9 Å². The average molecular weight is 410 g/mol. The first-order chi connectivity index (χ1) is 12.6. The summed E-state index contributed by atoms with van der Waals surface area (Å²) >= 11 is 5.97. The van der Waals surface area contributed by atoms with E-state index in [9.17, 15) is 23.4 Å². The number of para-hydroxylation sites is 1. The van der Waals surface area contributed by atoms with Gasteiger partial charge in [-0.05, 0) is 37.3 Å². The van der Waals surface area contributed by atoms with Crippen LogP contribution in [-0.4, -0.2) is 30.8 Å². The summed E-state index contributed by atoms with van der Waals surface area (Å²) in [6.45, 7) is 1.23. The van der Waals surface area contributed by atoms with Crippen molar-refractivity contribution in [3.8, 4) is 5.75 Å². The summed E-state index contributed by atoms with van der Waals surface area (Å²) in [5, 5.41) is 29.7. The number of azo groups is 1. The molecule has 142 valence electrons. The maximum atomic E-state index is 12.3. The lowest BCUT2D eigenvalue weighted by Gasteiger charge is -2.07. The molecule has 0 bridgehead atoms. The lowest BCUT2D eigenvalue weighted by molar-refractivity contribution is -0.113. The number of hydrogen-bond donors (Lipinski definition) is 3. The summed E-state index contributed by atoms with van der Waals surface area (Å²) in [6, 6.07) is 9.93. The molecule has 0 aliphatic carbocycles. The van der Waals surface area contributed by atoms with Crippen LogP contribution in [0, 0.1) is 0 Å². The number of benzene rings is 2. The number of phenolic OH excluding ortho intramolecular Hbond substituents is 1. The van der Waals surface area contributed by atoms with E-state index in [1.54, 1.807) is 24.3 Å². The zero-order valence-electron chi connectivity index (χ0n) is 14.3. The number of halogens is 1. The zero-order valence-corrected chi connectivity index (χ0v) is 15.9. The van der Waals surface area contributed by atoms with Crippen LogP contribution in [0.25, 0.3) is 0 Å². The van der Waals surface area contributed by atoms with Crippen LogP contribution < -0.4 is 5.32 Å². The molecule has 0 fully saturated rings. The number of nitrogens with zero attached hydrogens (tertiary/aromatic N) is 2. The fourth-order valence-corrected chi connectivity index (χ4v) is 2.77. The Morgan fingerprint density at radius 3 is 2.44 bits per heavy atom. The van der Waals surface area contributed by atoms with Gasteiger partial charge < -0.3 is 15.5 Å². The number of phenols is 1. The molecule has 27 heavy (non-hydrogen) atoms. The number of hydrogen-bond acceptors (Lipinski definition) is 7. The van der Waals surface area contributed by atoms with Gasteiger partial charge in [0.25, 0.3) is 5.91 Å². The van der Waals surface area contributed by atoms with Crippen LogP contribution in [0.3, 0.4) is 0 Å². The van der Waals surface area contributed by atoms with E-state index in [-0.39, 0.29) is 21.4 Å². The van der Waals surface area contributed by atoms with Gasteiger partial charge in [-0.3, -0.25) is 4.79 Å². The van der Waals surface area contributed by atoms with Crippen molar-refractivity contribution in [2.24, 2.45) is 10.2 Å². The number of rotatable bonds is 5. The Morgan fingerprint density at radius 1 is 1.19 bits per heavy atom. The summed E-state index contributed by atoms with van der Waals surface area (Å²) in [5.41, 5.74) is -0.304. The number of aromatic hydroxyl groups is 1. The molecule has 0 heterocycles. The van der Waals surface area contributed by atoms with Gasteiger partial charge in [-0.25, -0.2) is 8.42 Å². The number of allylic oxidation sites excluding steroid dienone is 1. The van der Waals surface area contributed by atoms with Crippen LogP contribution in [0.2, 0.25) is 5.02 Å². The number of amides is 1. The van der Waals surface area contributed by atoms with E-state index in [0.717, 1.165) is 18.4 Å². The number of nitrogens with one attached hydrogen (secondary N) is 1. The third-order valence-corrected chi connectivity index (χ3v) is 4.75. The van der Waals surface area contributed by atoms with Crippen LogP contribution in [0.4, 0.5) is 11.4 Å². The number of sulfone groups is 1. The highest BCUT2D eigenvalue weighted by atomic mass is 35.5. The van der Waals surface area contributed by atoms with E-state index < -0.39 is 27.2 Å². The second-order valence-electron chi connectivity index (χ2n) is 5.49. The predicted molar refractivity (Wildman–Crippen MR) is 101 cm³/mol. The fourth-order valence-electron chi connectivity index (χ4n) is 1.94. The van der Waals surface area contributed by atoms with Gasteiger partial charge in [0.15, 0.2) is 15.5 Å². The molecule has 2 rings (SSSR count). The third-order valence-electron chi connectivity index (χ3n) is 3.31. The Labute approximate surface area is 160 Å². The standard InChI is InChI=1S/C17H16ClN3O5S/c1-10(22)16(17(24)19-13-6-4-3-5-12(13)18)21-20-14-9-11(27(2,25)26)7-8-15(14)23/h3-9,22-23H,1-2H3,(H,19,24)/b16-10-,21-20?. The lowest BCUT2D eigenvalue weighted by atomic mass is 10.3. The van der Waals surface area contributed by atoms with Crippen molar-refractivity contribution in [1.82, 2.24) is 0 Å². The van der Waals surface area contributed by atoms with E-state index in [1.807, 2.05) is 0 Å². The SMILES string of the molecule is C/C(O)=C(/N=Nc1cc(S(C)(=O)=O)ccc1O)C(=O)Nc1ccccc1Cl. The normalized spacial score (nSPS) is 12.7. The first-order valence-electron chi connectivity index (χ1n) is 7.50. The van der Waals surface area contributed by atoms with Crippen LogP contribution in [0.5, 0.6) is 5.75 Å². The largest absolute Gasteiger partial charge is 0.510 e. The molecule has 0 saturated heterocycles. The maximum Gasteiger partial charge on any atom is 0.279 e. The second kappa shape index (κ2) is 8.19. The first kappa shape index (κ1) is 20.4. The predicted octanol–water partition coefficient (Wildman–Crippen LogP) is 3.96. The molecule has 0 spiro atoms. The van der Waals surface area contributed by atoms with Gasteiger partial charge in [-0.15, -0.1) is 10.2 Å². The molecule has 1 amide bonds. The molecular weight excluding hydrogens is 394 g/mol. The van der Waals surface area contributed by atoms with Gasteiger partial charge in [0, 0.05) is 6.26 Å². The van der Waals surface area contributed by atoms with E-state index in [1.165, 1.54) is 13.0 Å². The van der Waals surface area contributed by atoms with E-state index in [4.69, 9.17) is 11.6 Å². The number of carbonyl (C=O) groups is 1. The summed E-state index contributed by atoms with van der Waals surface area (Å²) in [4.78, 5) is 12.3. The molecule has 0 aliphatic rings. The number of aliphatic hydroxyl groups excluding tert-OH is 1. The number of anilines is 1. The zero-order chi connectivity index (χ0) is 20.2. The van der Waals surface area contributed by atoms with Crippen molar-refractivity contribution in [1.29, 1.82) is 0 Å². The molecule has 0 aliphatic heterocycles. The minimum absolute atomic E-state index is 0.0824. The van der Waals surface area contributed by atoms with Crippen LogP contribution in [-0.2, 0) is 14.6 Å². The summed E-state index contributed by atoms with van der Waals surface area (Å²) < 4.78 is 23.2. The summed E-state index contributed by atoms with van der Waals surface area (Å²) in [7, 11) is -3.53. The second-order valence-corrected chi connectivity index (χ2v) is 7.91. The monoisotopic (exact) mass is 409 g/mol. The van der Waals surface area contributed by atoms with Crippen LogP contribution in [0.1, 0.15) is 6.92 Å². The highest BCUT2D eigenvalue weighted by Gasteiger charge is 2.16. The molecule has 10 heteroatoms. The molecule has 3 N–H and O–H groups in total. The average Bonchev–Trinajstić information content (AvgIpc) is 2.57. The maximum absolute atomic E-state index is 12.3. The van der Waals surface area contributed by atoms with Crippen molar-refractivity contribution in [2.45, 2.75) is 11.8 Å². The first-order valence-corrected chi connectivity index (χ1v) is 9.77. The molecule has 2 aromatic rings. The number of carbonyl (C=O) groups excluding carboxylic acids is 1. The molecule has 8 nitrogen and oxygen atoms in total. The highest BCUT2D eigenvalue weighted by Crippen LogP contribution is 2.30. The molecule has 0 aromatic heterocycles. The topological polar surface area (TPSA) is 128 Å². The van der Waals surface area contributed by atoms with Gasteiger partial charge in [-0.1, -0.05) is 23.7 Å². The summed E-state index contributed by atoms with van der Waals surface area (Å²) in [5.74, 6) is -1.56. The minimum atomic E-state index is -3.53. The summed E-state index contributed by atoms with van der Waals surface area (Å²) in [6.07, 6.45) is 1.00. The van der Waals surface area contributed by atoms with Gasteiger partial charge in [-0.2, -0.15) is 0 Å². The molecule has 0 radical (unpaired) electrons. The van der Waals surface area contributed by atoms with Crippen molar-refractivity contribution in [2.75, 3.05) is 11.6 Å². The van der Waals surface area contributed by atoms with Crippen LogP contribution in [0.15, 0.2) is 69.0 Å². The van der Waals surface area contributed by atoms with Crippen molar-refractivity contribution in [3.63, 3.8) is 0 Å². The quantitative estimate of drug-likeness (QED) is 0.391. The molecular formula is C17H16ClN3O5S. The molecule has 0 unspecified atom stereocenters. The molecule has 0 atom stereocenters. The van der Waals surface area contributed by atoms with Crippen LogP contribution >= 0.6 is 11.6 Å². The van der Waals surface area contributed by atoms with E-state index in [2.05, 4.69) is 15.5 Å².